The quantitative estimate of drug-likeness (QED) is 0.363. The first kappa shape index (κ1) is 21.3. The van der Waals surface area contributed by atoms with E-state index < -0.39 is 6.36 Å². The molecule has 29 heavy (non-hydrogen) atoms. The first-order valence-electron chi connectivity index (χ1n) is 8.14. The molecule has 0 spiro atoms. The van der Waals surface area contributed by atoms with E-state index in [0.717, 1.165) is 10.1 Å². The van der Waals surface area contributed by atoms with Gasteiger partial charge in [-0.15, -0.1) is 34.7 Å². The van der Waals surface area contributed by atoms with Crippen LogP contribution in [-0.2, 0) is 11.2 Å². The maximum atomic E-state index is 12.2. The number of carbonyl (C=O) groups is 1. The van der Waals surface area contributed by atoms with Crippen LogP contribution in [0.3, 0.4) is 0 Å². The molecule has 0 radical (unpaired) electrons. The van der Waals surface area contributed by atoms with Gasteiger partial charge in [0.15, 0.2) is 9.47 Å². The van der Waals surface area contributed by atoms with Crippen molar-refractivity contribution in [3.63, 3.8) is 0 Å². The Balaban J connectivity index is 1.52. The van der Waals surface area contributed by atoms with Gasteiger partial charge in [-0.1, -0.05) is 30.0 Å². The van der Waals surface area contributed by atoms with Crippen molar-refractivity contribution >= 4 is 56.3 Å². The molecule has 0 aliphatic heterocycles. The number of nitrogens with zero attached hydrogens (tertiary/aromatic N) is 3. The summed E-state index contributed by atoms with van der Waals surface area (Å²) in [6.07, 6.45) is -4.67. The zero-order valence-corrected chi connectivity index (χ0v) is 17.3. The fourth-order valence-electron chi connectivity index (χ4n) is 2.08. The summed E-state index contributed by atoms with van der Waals surface area (Å²) in [5.74, 6) is 0.298. The number of benzene rings is 1. The molecule has 1 amide bonds. The number of anilines is 3. The number of nitrogens with one attached hydrogen (secondary N) is 2. The zero-order chi connectivity index (χ0) is 20.9. The smallest absolute Gasteiger partial charge is 0.406 e. The Morgan fingerprint density at radius 2 is 1.97 bits per heavy atom. The molecule has 0 fully saturated rings. The van der Waals surface area contributed by atoms with E-state index >= 15 is 0 Å². The molecule has 0 bridgehead atoms. The molecule has 0 aliphatic carbocycles. The summed E-state index contributed by atoms with van der Waals surface area (Å²) >= 11 is 4.13. The van der Waals surface area contributed by atoms with Gasteiger partial charge in [-0.3, -0.25) is 4.79 Å². The molecule has 0 aliphatic rings. The Morgan fingerprint density at radius 1 is 1.21 bits per heavy atom. The van der Waals surface area contributed by atoms with Gasteiger partial charge < -0.3 is 15.4 Å². The number of thiazole rings is 1. The molecule has 1 aromatic carbocycles. The number of thioether (sulfide) groups is 1. The van der Waals surface area contributed by atoms with Crippen LogP contribution >= 0.6 is 34.4 Å². The molecule has 0 atom stereocenters. The minimum absolute atomic E-state index is 0.0619. The average Bonchev–Trinajstić information content (AvgIpc) is 3.25. The Labute approximate surface area is 175 Å². The highest BCUT2D eigenvalue weighted by Gasteiger charge is 2.30. The van der Waals surface area contributed by atoms with Gasteiger partial charge in [0.25, 0.3) is 0 Å². The van der Waals surface area contributed by atoms with Gasteiger partial charge in [0, 0.05) is 11.1 Å². The van der Waals surface area contributed by atoms with Crippen LogP contribution in [-0.4, -0.2) is 33.2 Å². The fraction of sp³-hybridized carbons (Fsp3) is 0.250. The SMILES string of the molecule is CCSc1nnc(NC(=O)Cc2csc(Nc3ccc(OC(F)(F)F)cc3)n2)s1. The molecule has 7 nitrogen and oxygen atoms in total. The number of halogens is 3. The standard InChI is InChI=1S/C16H14F3N5O2S3/c1-2-27-15-24-23-14(29-15)22-12(25)7-10-8-28-13(21-10)20-9-3-5-11(6-4-9)26-16(17,18)19/h3-6,8H,2,7H2,1H3,(H,20,21)(H,22,23,25). The summed E-state index contributed by atoms with van der Waals surface area (Å²) in [5, 5.41) is 16.2. The molecule has 2 N–H and O–H groups in total. The lowest BCUT2D eigenvalue weighted by molar-refractivity contribution is -0.274. The molecule has 3 aromatic rings. The number of hydrogen-bond donors (Lipinski definition) is 2. The molecular weight excluding hydrogens is 447 g/mol. The number of aromatic nitrogens is 3. The van der Waals surface area contributed by atoms with Crippen molar-refractivity contribution in [3.05, 3.63) is 35.3 Å². The molecule has 13 heteroatoms. The van der Waals surface area contributed by atoms with Crippen LogP contribution in [0.25, 0.3) is 0 Å². The molecule has 2 heterocycles. The first-order valence-corrected chi connectivity index (χ1v) is 10.8. The summed E-state index contributed by atoms with van der Waals surface area (Å²) in [6, 6.07) is 5.28. The summed E-state index contributed by atoms with van der Waals surface area (Å²) in [4.78, 5) is 16.4. The van der Waals surface area contributed by atoms with Crippen LogP contribution in [0, 0.1) is 0 Å². The third-order valence-corrected chi connectivity index (χ3v) is 5.81. The highest BCUT2D eigenvalue weighted by Crippen LogP contribution is 2.27. The van der Waals surface area contributed by atoms with Crippen LogP contribution in [0.2, 0.25) is 0 Å². The summed E-state index contributed by atoms with van der Waals surface area (Å²) in [7, 11) is 0. The molecule has 0 unspecified atom stereocenters. The van der Waals surface area contributed by atoms with E-state index in [0.29, 0.717) is 21.6 Å². The van der Waals surface area contributed by atoms with Gasteiger partial charge >= 0.3 is 6.36 Å². The summed E-state index contributed by atoms with van der Waals surface area (Å²) in [6.45, 7) is 2.00. The molecule has 154 valence electrons. The number of ether oxygens (including phenoxy) is 1. The maximum Gasteiger partial charge on any atom is 0.573 e. The van der Waals surface area contributed by atoms with Crippen LogP contribution < -0.4 is 15.4 Å². The van der Waals surface area contributed by atoms with Crippen molar-refractivity contribution < 1.29 is 22.7 Å². The van der Waals surface area contributed by atoms with Crippen molar-refractivity contribution in [2.45, 2.75) is 24.0 Å². The second-order valence-corrected chi connectivity index (χ2v) is 8.72. The number of rotatable bonds is 8. The van der Waals surface area contributed by atoms with Gasteiger partial charge in [-0.05, 0) is 30.0 Å². The summed E-state index contributed by atoms with van der Waals surface area (Å²) in [5.41, 5.74) is 1.10. The van der Waals surface area contributed by atoms with Gasteiger partial charge in [-0.25, -0.2) is 4.98 Å². The third kappa shape index (κ3) is 6.87. The Hall–Kier alpha value is -2.38. The lowest BCUT2D eigenvalue weighted by atomic mass is 10.3. The lowest BCUT2D eigenvalue weighted by Gasteiger charge is -2.09. The van der Waals surface area contributed by atoms with E-state index in [1.165, 1.54) is 46.9 Å². The van der Waals surface area contributed by atoms with Crippen molar-refractivity contribution in [2.24, 2.45) is 0 Å². The minimum atomic E-state index is -4.73. The number of amides is 1. The molecule has 0 saturated carbocycles. The molecular formula is C16H14F3N5O2S3. The van der Waals surface area contributed by atoms with E-state index in [9.17, 15) is 18.0 Å². The van der Waals surface area contributed by atoms with E-state index in [-0.39, 0.29) is 18.1 Å². The molecule has 3 rings (SSSR count). The molecule has 2 aromatic heterocycles. The van der Waals surface area contributed by atoms with Crippen molar-refractivity contribution in [2.75, 3.05) is 16.4 Å². The summed E-state index contributed by atoms with van der Waals surface area (Å²) < 4.78 is 41.2. The van der Waals surface area contributed by atoms with Crippen LogP contribution in [0.4, 0.5) is 29.1 Å². The van der Waals surface area contributed by atoms with Crippen LogP contribution in [0.15, 0.2) is 34.0 Å². The zero-order valence-electron chi connectivity index (χ0n) is 14.8. The Bertz CT molecular complexity index is 959. The van der Waals surface area contributed by atoms with Crippen molar-refractivity contribution in [1.29, 1.82) is 0 Å². The highest BCUT2D eigenvalue weighted by molar-refractivity contribution is 8.01. The lowest BCUT2D eigenvalue weighted by Crippen LogP contribution is -2.16. The van der Waals surface area contributed by atoms with E-state index in [4.69, 9.17) is 0 Å². The first-order chi connectivity index (χ1) is 13.8. The maximum absolute atomic E-state index is 12.2. The van der Waals surface area contributed by atoms with E-state index in [2.05, 4.69) is 30.6 Å². The van der Waals surface area contributed by atoms with Gasteiger partial charge in [0.05, 0.1) is 12.1 Å². The second-order valence-electron chi connectivity index (χ2n) is 5.37. The molecule has 0 saturated heterocycles. The average molecular weight is 462 g/mol. The number of alkyl halides is 3. The Morgan fingerprint density at radius 3 is 2.66 bits per heavy atom. The van der Waals surface area contributed by atoms with E-state index in [1.54, 1.807) is 17.1 Å². The second kappa shape index (κ2) is 9.41. The largest absolute Gasteiger partial charge is 0.573 e. The Kier molecular flexibility index (Phi) is 6.92. The van der Waals surface area contributed by atoms with Gasteiger partial charge in [0.2, 0.25) is 11.0 Å². The predicted octanol–water partition coefficient (Wildman–Crippen LogP) is 4.93. The van der Waals surface area contributed by atoms with Gasteiger partial charge in [0.1, 0.15) is 5.75 Å². The monoisotopic (exact) mass is 461 g/mol. The highest BCUT2D eigenvalue weighted by atomic mass is 32.2. The minimum Gasteiger partial charge on any atom is -0.406 e. The predicted molar refractivity (Wildman–Crippen MR) is 107 cm³/mol. The normalized spacial score (nSPS) is 11.3. The third-order valence-electron chi connectivity index (χ3n) is 3.15. The van der Waals surface area contributed by atoms with E-state index in [1.807, 2.05) is 6.92 Å². The van der Waals surface area contributed by atoms with Crippen LogP contribution in [0.5, 0.6) is 5.75 Å². The van der Waals surface area contributed by atoms with Crippen LogP contribution in [0.1, 0.15) is 12.6 Å². The van der Waals surface area contributed by atoms with Gasteiger partial charge in [-0.2, -0.15) is 0 Å². The topological polar surface area (TPSA) is 89.0 Å². The van der Waals surface area contributed by atoms with Crippen molar-refractivity contribution in [1.82, 2.24) is 15.2 Å². The number of hydrogen-bond acceptors (Lipinski definition) is 9. The fourth-order valence-corrected chi connectivity index (χ4v) is 4.47. The number of carbonyl (C=O) groups excluding carboxylic acids is 1. The van der Waals surface area contributed by atoms with Crippen molar-refractivity contribution in [3.8, 4) is 5.75 Å².